The van der Waals surface area contributed by atoms with Gasteiger partial charge in [0.05, 0.1) is 6.61 Å². The molecule has 1 N–H and O–H groups in total. The van der Waals surface area contributed by atoms with Gasteiger partial charge in [0.2, 0.25) is 0 Å². The molecule has 1 unspecified atom stereocenters. The smallest absolute Gasteiger partial charge is 0.411 e. The van der Waals surface area contributed by atoms with Crippen LogP contribution in [0.5, 0.6) is 5.75 Å². The molecule has 24 heavy (non-hydrogen) atoms. The zero-order valence-corrected chi connectivity index (χ0v) is 15.4. The Morgan fingerprint density at radius 2 is 2.04 bits per heavy atom. The van der Waals surface area contributed by atoms with Crippen molar-refractivity contribution in [2.75, 3.05) is 31.6 Å². The number of nitrogens with one attached hydrogen (secondary N) is 1. The van der Waals surface area contributed by atoms with Gasteiger partial charge in [0.1, 0.15) is 11.9 Å². The highest BCUT2D eigenvalue weighted by Gasteiger charge is 2.16. The maximum atomic E-state index is 12.0. The third-order valence-electron chi connectivity index (χ3n) is 3.83. The van der Waals surface area contributed by atoms with Crippen LogP contribution in [0.3, 0.4) is 0 Å². The summed E-state index contributed by atoms with van der Waals surface area (Å²) in [4.78, 5) is 14.4. The van der Waals surface area contributed by atoms with Gasteiger partial charge in [0.25, 0.3) is 0 Å². The van der Waals surface area contributed by atoms with Gasteiger partial charge < -0.3 is 9.47 Å². The predicted octanol–water partition coefficient (Wildman–Crippen LogP) is 4.32. The molecule has 1 aliphatic rings. The second kappa shape index (κ2) is 11.2. The second-order valence-electron chi connectivity index (χ2n) is 6.08. The van der Waals surface area contributed by atoms with Crippen molar-refractivity contribution in [3.8, 4) is 5.75 Å². The van der Waals surface area contributed by atoms with E-state index in [0.717, 1.165) is 31.8 Å². The summed E-state index contributed by atoms with van der Waals surface area (Å²) in [5.74, 6) is 0.756. The van der Waals surface area contributed by atoms with Crippen molar-refractivity contribution in [2.45, 2.75) is 45.6 Å². The molecule has 1 aromatic carbocycles. The Bertz CT molecular complexity index is 493. The molecule has 6 heteroatoms. The van der Waals surface area contributed by atoms with Gasteiger partial charge in [-0.05, 0) is 51.4 Å². The van der Waals surface area contributed by atoms with E-state index >= 15 is 0 Å². The van der Waals surface area contributed by atoms with Crippen LogP contribution >= 0.6 is 12.4 Å². The molecule has 5 nitrogen and oxygen atoms in total. The van der Waals surface area contributed by atoms with E-state index in [4.69, 9.17) is 9.47 Å². The quantitative estimate of drug-likeness (QED) is 0.790. The van der Waals surface area contributed by atoms with Crippen molar-refractivity contribution < 1.29 is 14.3 Å². The first-order valence-electron chi connectivity index (χ1n) is 8.60. The summed E-state index contributed by atoms with van der Waals surface area (Å²) in [6.45, 7) is 7.67. The molecule has 0 bridgehead atoms. The van der Waals surface area contributed by atoms with Crippen LogP contribution in [0, 0.1) is 0 Å². The van der Waals surface area contributed by atoms with Gasteiger partial charge in [0, 0.05) is 18.3 Å². The van der Waals surface area contributed by atoms with Crippen LogP contribution in [0.15, 0.2) is 24.3 Å². The Morgan fingerprint density at radius 3 is 2.75 bits per heavy atom. The molecule has 1 heterocycles. The van der Waals surface area contributed by atoms with Crippen molar-refractivity contribution in [1.29, 1.82) is 0 Å². The topological polar surface area (TPSA) is 50.8 Å². The highest BCUT2D eigenvalue weighted by atomic mass is 35.5. The highest BCUT2D eigenvalue weighted by Crippen LogP contribution is 2.18. The van der Waals surface area contributed by atoms with Crippen LogP contribution in [-0.2, 0) is 4.74 Å². The number of hydrogen-bond donors (Lipinski definition) is 1. The number of carbonyl (C=O) groups excluding carboxylic acids is 1. The molecular formula is C18H29ClN2O3. The van der Waals surface area contributed by atoms with Gasteiger partial charge in [0.15, 0.2) is 0 Å². The Morgan fingerprint density at radius 1 is 1.29 bits per heavy atom. The Hall–Kier alpha value is -1.46. The lowest BCUT2D eigenvalue weighted by Gasteiger charge is -2.28. The SMILES string of the molecule is CCCOc1cccc(NC(=O)OC(C)CN2CCCCC2)c1.Cl. The average Bonchev–Trinajstić information content (AvgIpc) is 2.54. The number of amides is 1. The van der Waals surface area contributed by atoms with Crippen molar-refractivity contribution >= 4 is 24.2 Å². The molecule has 1 amide bonds. The second-order valence-corrected chi connectivity index (χ2v) is 6.08. The number of ether oxygens (including phenoxy) is 2. The molecule has 136 valence electrons. The minimum atomic E-state index is -0.415. The van der Waals surface area contributed by atoms with Gasteiger partial charge >= 0.3 is 6.09 Å². The summed E-state index contributed by atoms with van der Waals surface area (Å²) in [5, 5.41) is 2.77. The van der Waals surface area contributed by atoms with E-state index in [-0.39, 0.29) is 18.5 Å². The number of likely N-dealkylation sites (tertiary alicyclic amines) is 1. The third-order valence-corrected chi connectivity index (χ3v) is 3.83. The van der Waals surface area contributed by atoms with Crippen molar-refractivity contribution in [1.82, 2.24) is 4.90 Å². The first-order chi connectivity index (χ1) is 11.2. The van der Waals surface area contributed by atoms with Crippen LogP contribution in [0.25, 0.3) is 0 Å². The summed E-state index contributed by atoms with van der Waals surface area (Å²) in [6, 6.07) is 7.38. The van der Waals surface area contributed by atoms with Crippen LogP contribution in [0.1, 0.15) is 39.5 Å². The molecule has 1 aromatic rings. The van der Waals surface area contributed by atoms with E-state index in [1.165, 1.54) is 19.3 Å². The van der Waals surface area contributed by atoms with E-state index in [1.54, 1.807) is 0 Å². The minimum absolute atomic E-state index is 0. The Kier molecular flexibility index (Phi) is 9.57. The van der Waals surface area contributed by atoms with Crippen LogP contribution in [0.4, 0.5) is 10.5 Å². The van der Waals surface area contributed by atoms with Gasteiger partial charge in [-0.25, -0.2) is 4.79 Å². The lowest BCUT2D eigenvalue weighted by Crippen LogP contribution is -2.37. The summed E-state index contributed by atoms with van der Waals surface area (Å²) < 4.78 is 11.0. The van der Waals surface area contributed by atoms with E-state index in [2.05, 4.69) is 17.1 Å². The van der Waals surface area contributed by atoms with E-state index < -0.39 is 6.09 Å². The molecule has 1 aliphatic heterocycles. The number of nitrogens with zero attached hydrogens (tertiary/aromatic N) is 1. The molecular weight excluding hydrogens is 328 g/mol. The lowest BCUT2D eigenvalue weighted by molar-refractivity contribution is 0.0833. The molecule has 0 radical (unpaired) electrons. The molecule has 1 saturated heterocycles. The molecule has 0 aliphatic carbocycles. The third kappa shape index (κ3) is 7.41. The maximum absolute atomic E-state index is 12.0. The minimum Gasteiger partial charge on any atom is -0.494 e. The highest BCUT2D eigenvalue weighted by molar-refractivity contribution is 5.85. The summed E-state index contributed by atoms with van der Waals surface area (Å²) >= 11 is 0. The fourth-order valence-electron chi connectivity index (χ4n) is 2.76. The molecule has 0 aromatic heterocycles. The van der Waals surface area contributed by atoms with Gasteiger partial charge in [-0.3, -0.25) is 10.2 Å². The predicted molar refractivity (Wildman–Crippen MR) is 99.3 cm³/mol. The molecule has 1 atom stereocenters. The molecule has 1 fully saturated rings. The first-order valence-corrected chi connectivity index (χ1v) is 8.60. The number of rotatable bonds is 7. The zero-order valence-electron chi connectivity index (χ0n) is 14.6. The monoisotopic (exact) mass is 356 g/mol. The van der Waals surface area contributed by atoms with Crippen molar-refractivity contribution in [3.05, 3.63) is 24.3 Å². The lowest BCUT2D eigenvalue weighted by atomic mass is 10.1. The standard InChI is InChI=1S/C18H28N2O3.ClH/c1-3-12-22-17-9-7-8-16(13-17)19-18(21)23-15(2)14-20-10-5-4-6-11-20;/h7-9,13,15H,3-6,10-12,14H2,1-2H3,(H,19,21);1H. The fourth-order valence-corrected chi connectivity index (χ4v) is 2.76. The summed E-state index contributed by atoms with van der Waals surface area (Å²) in [6.07, 6.45) is 4.21. The van der Waals surface area contributed by atoms with Crippen molar-refractivity contribution in [2.24, 2.45) is 0 Å². The largest absolute Gasteiger partial charge is 0.494 e. The van der Waals surface area contributed by atoms with Crippen LogP contribution < -0.4 is 10.1 Å². The maximum Gasteiger partial charge on any atom is 0.411 e. The fraction of sp³-hybridized carbons (Fsp3) is 0.611. The average molecular weight is 357 g/mol. The van der Waals surface area contributed by atoms with E-state index in [1.807, 2.05) is 31.2 Å². The zero-order chi connectivity index (χ0) is 16.5. The number of hydrogen-bond acceptors (Lipinski definition) is 4. The van der Waals surface area contributed by atoms with Gasteiger partial charge in [-0.15, -0.1) is 12.4 Å². The van der Waals surface area contributed by atoms with E-state index in [9.17, 15) is 4.79 Å². The van der Waals surface area contributed by atoms with Crippen LogP contribution in [0.2, 0.25) is 0 Å². The number of halogens is 1. The Labute approximate surface area is 151 Å². The van der Waals surface area contributed by atoms with Gasteiger partial charge in [-0.1, -0.05) is 19.4 Å². The van der Waals surface area contributed by atoms with Crippen molar-refractivity contribution in [3.63, 3.8) is 0 Å². The first kappa shape index (κ1) is 20.6. The van der Waals surface area contributed by atoms with E-state index in [0.29, 0.717) is 12.3 Å². The number of anilines is 1. The van der Waals surface area contributed by atoms with Crippen LogP contribution in [-0.4, -0.2) is 43.3 Å². The normalized spacial score (nSPS) is 15.9. The number of carbonyl (C=O) groups is 1. The summed E-state index contributed by atoms with van der Waals surface area (Å²) in [5.41, 5.74) is 0.689. The van der Waals surface area contributed by atoms with Gasteiger partial charge in [-0.2, -0.15) is 0 Å². The molecule has 2 rings (SSSR count). The Balaban J connectivity index is 0.00000288. The molecule has 0 saturated carbocycles. The molecule has 0 spiro atoms. The summed E-state index contributed by atoms with van der Waals surface area (Å²) in [7, 11) is 0. The number of benzene rings is 1. The number of piperidine rings is 1.